The third kappa shape index (κ3) is 5.18. The molecule has 4 unspecified atom stereocenters. The first-order chi connectivity index (χ1) is 12.0. The fraction of sp³-hybridized carbons (Fsp3) is 0.647. The number of nitrogens with zero attached hydrogens (tertiary/aromatic N) is 2. The van der Waals surface area contributed by atoms with Crippen molar-refractivity contribution >= 4 is 5.91 Å². The standard InChI is InChI=1S/C17H26FN3O4/c1-2-15(23)20-12-9-21(13(10-22)17(25)16(12)24)7-3-4-11-5-6-14(18)19-8-11/h5-6,8,12-13,16-17,22,24-25H,2-4,7,9-10H2,1H3,(H,20,23). The summed E-state index contributed by atoms with van der Waals surface area (Å²) in [4.78, 5) is 17.1. The monoisotopic (exact) mass is 355 g/mol. The molecule has 8 heteroatoms. The van der Waals surface area contributed by atoms with Crippen molar-refractivity contribution in [3.63, 3.8) is 0 Å². The van der Waals surface area contributed by atoms with E-state index in [1.165, 1.54) is 12.3 Å². The van der Waals surface area contributed by atoms with E-state index in [9.17, 15) is 24.5 Å². The van der Waals surface area contributed by atoms with E-state index in [-0.39, 0.29) is 12.5 Å². The zero-order valence-electron chi connectivity index (χ0n) is 14.3. The second-order valence-electron chi connectivity index (χ2n) is 6.35. The number of aryl methyl sites for hydroxylation is 1. The Hall–Kier alpha value is -1.61. The van der Waals surface area contributed by atoms with E-state index in [0.717, 1.165) is 5.56 Å². The molecule has 1 aromatic heterocycles. The van der Waals surface area contributed by atoms with Crippen LogP contribution in [0.4, 0.5) is 4.39 Å². The third-order valence-electron chi connectivity index (χ3n) is 4.61. The molecule has 0 aliphatic carbocycles. The zero-order valence-corrected chi connectivity index (χ0v) is 14.3. The van der Waals surface area contributed by atoms with Crippen LogP contribution >= 0.6 is 0 Å². The van der Waals surface area contributed by atoms with E-state index in [1.807, 2.05) is 4.90 Å². The lowest BCUT2D eigenvalue weighted by atomic mass is 9.92. The number of carbonyl (C=O) groups is 1. The maximum absolute atomic E-state index is 12.8. The molecule has 2 heterocycles. The Kier molecular flexibility index (Phi) is 7.24. The largest absolute Gasteiger partial charge is 0.395 e. The van der Waals surface area contributed by atoms with Gasteiger partial charge in [0.05, 0.1) is 24.8 Å². The molecule has 4 atom stereocenters. The second-order valence-corrected chi connectivity index (χ2v) is 6.35. The first kappa shape index (κ1) is 19.7. The van der Waals surface area contributed by atoms with Crippen LogP contribution in [0.25, 0.3) is 0 Å². The zero-order chi connectivity index (χ0) is 18.4. The van der Waals surface area contributed by atoms with Gasteiger partial charge in [-0.15, -0.1) is 0 Å². The van der Waals surface area contributed by atoms with Crippen molar-refractivity contribution in [3.05, 3.63) is 29.8 Å². The Morgan fingerprint density at radius 3 is 2.76 bits per heavy atom. The molecule has 0 aromatic carbocycles. The molecule has 0 spiro atoms. The molecule has 7 nitrogen and oxygen atoms in total. The van der Waals surface area contributed by atoms with E-state index >= 15 is 0 Å². The summed E-state index contributed by atoms with van der Waals surface area (Å²) in [7, 11) is 0. The van der Waals surface area contributed by atoms with Gasteiger partial charge in [0.2, 0.25) is 11.9 Å². The minimum absolute atomic E-state index is 0.198. The number of amides is 1. The molecule has 0 bridgehead atoms. The minimum Gasteiger partial charge on any atom is -0.395 e. The highest BCUT2D eigenvalue weighted by Gasteiger charge is 2.41. The van der Waals surface area contributed by atoms with Gasteiger partial charge in [0.25, 0.3) is 0 Å². The summed E-state index contributed by atoms with van der Waals surface area (Å²) in [5, 5.41) is 32.7. The molecule has 140 valence electrons. The lowest BCUT2D eigenvalue weighted by Gasteiger charge is -2.45. The van der Waals surface area contributed by atoms with Crippen LogP contribution in [0.15, 0.2) is 18.3 Å². The van der Waals surface area contributed by atoms with Crippen LogP contribution < -0.4 is 5.32 Å². The molecule has 4 N–H and O–H groups in total. The van der Waals surface area contributed by atoms with Crippen LogP contribution in [0.5, 0.6) is 0 Å². The summed E-state index contributed by atoms with van der Waals surface area (Å²) in [5.41, 5.74) is 0.898. The molecule has 0 saturated carbocycles. The molecule has 1 aliphatic heterocycles. The number of hydrogen-bond donors (Lipinski definition) is 4. The highest BCUT2D eigenvalue weighted by atomic mass is 19.1. The highest BCUT2D eigenvalue weighted by molar-refractivity contribution is 5.75. The number of halogens is 1. The second kappa shape index (κ2) is 9.19. The summed E-state index contributed by atoms with van der Waals surface area (Å²) < 4.78 is 12.8. The smallest absolute Gasteiger partial charge is 0.220 e. The van der Waals surface area contributed by atoms with Crippen molar-refractivity contribution < 1.29 is 24.5 Å². The maximum Gasteiger partial charge on any atom is 0.220 e. The number of likely N-dealkylation sites (tertiary alicyclic amines) is 1. The normalized spacial score (nSPS) is 27.2. The molecule has 1 saturated heterocycles. The van der Waals surface area contributed by atoms with E-state index in [1.54, 1.807) is 13.0 Å². The van der Waals surface area contributed by atoms with Crippen LogP contribution in [0.1, 0.15) is 25.3 Å². The highest BCUT2D eigenvalue weighted by Crippen LogP contribution is 2.20. The molecule has 1 amide bonds. The quantitative estimate of drug-likeness (QED) is 0.489. The average Bonchev–Trinajstić information content (AvgIpc) is 2.61. The van der Waals surface area contributed by atoms with Gasteiger partial charge in [-0.1, -0.05) is 13.0 Å². The van der Waals surface area contributed by atoms with Crippen molar-refractivity contribution in [2.24, 2.45) is 0 Å². The number of carbonyl (C=O) groups excluding carboxylic acids is 1. The number of hydrogen-bond acceptors (Lipinski definition) is 6. The molecule has 1 aliphatic rings. The van der Waals surface area contributed by atoms with Crippen LogP contribution in [0, 0.1) is 5.95 Å². The van der Waals surface area contributed by atoms with Gasteiger partial charge < -0.3 is 20.6 Å². The molecule has 2 rings (SSSR count). The van der Waals surface area contributed by atoms with Gasteiger partial charge in [0, 0.05) is 19.2 Å². The Labute approximate surface area is 146 Å². The predicted molar refractivity (Wildman–Crippen MR) is 89.2 cm³/mol. The molecule has 25 heavy (non-hydrogen) atoms. The fourth-order valence-corrected chi connectivity index (χ4v) is 3.14. The Morgan fingerprint density at radius 2 is 2.16 bits per heavy atom. The summed E-state index contributed by atoms with van der Waals surface area (Å²) in [6.07, 6.45) is 0.893. The van der Waals surface area contributed by atoms with E-state index in [4.69, 9.17) is 0 Å². The van der Waals surface area contributed by atoms with Gasteiger partial charge in [-0.25, -0.2) is 4.98 Å². The molecular formula is C17H26FN3O4. The van der Waals surface area contributed by atoms with E-state index < -0.39 is 30.2 Å². The van der Waals surface area contributed by atoms with Gasteiger partial charge in [-0.2, -0.15) is 4.39 Å². The first-order valence-corrected chi connectivity index (χ1v) is 8.57. The summed E-state index contributed by atoms with van der Waals surface area (Å²) >= 11 is 0. The lowest BCUT2D eigenvalue weighted by Crippen LogP contribution is -2.66. The van der Waals surface area contributed by atoms with Gasteiger partial charge in [0.15, 0.2) is 0 Å². The molecule has 0 radical (unpaired) electrons. The number of rotatable bonds is 7. The maximum atomic E-state index is 12.8. The van der Waals surface area contributed by atoms with Crippen molar-refractivity contribution in [3.8, 4) is 0 Å². The predicted octanol–water partition coefficient (Wildman–Crippen LogP) is -0.554. The topological polar surface area (TPSA) is 106 Å². The van der Waals surface area contributed by atoms with E-state index in [0.29, 0.717) is 32.4 Å². The molecule has 1 aromatic rings. The Balaban J connectivity index is 1.95. The fourth-order valence-electron chi connectivity index (χ4n) is 3.14. The SMILES string of the molecule is CCC(=O)NC1CN(CCCc2ccc(F)nc2)C(CO)C(O)C1O. The first-order valence-electron chi connectivity index (χ1n) is 8.57. The summed E-state index contributed by atoms with van der Waals surface area (Å²) in [6, 6.07) is 1.81. The van der Waals surface area contributed by atoms with Crippen LogP contribution in [0.2, 0.25) is 0 Å². The number of pyridine rings is 1. The molecule has 1 fully saturated rings. The van der Waals surface area contributed by atoms with Crippen LogP contribution in [-0.4, -0.2) is 75.1 Å². The van der Waals surface area contributed by atoms with Crippen molar-refractivity contribution in [2.45, 2.75) is 50.5 Å². The summed E-state index contributed by atoms with van der Waals surface area (Å²) in [6.45, 7) is 2.33. The van der Waals surface area contributed by atoms with Gasteiger partial charge >= 0.3 is 0 Å². The lowest BCUT2D eigenvalue weighted by molar-refractivity contribution is -0.130. The van der Waals surface area contributed by atoms with Gasteiger partial charge in [-0.05, 0) is 31.0 Å². The number of aromatic nitrogens is 1. The number of aliphatic hydroxyl groups is 3. The number of aliphatic hydroxyl groups excluding tert-OH is 3. The van der Waals surface area contributed by atoms with Gasteiger partial charge in [-0.3, -0.25) is 9.69 Å². The number of nitrogens with one attached hydrogen (secondary N) is 1. The van der Waals surface area contributed by atoms with Crippen molar-refractivity contribution in [2.75, 3.05) is 19.7 Å². The van der Waals surface area contributed by atoms with Crippen LogP contribution in [0.3, 0.4) is 0 Å². The Morgan fingerprint density at radius 1 is 1.40 bits per heavy atom. The minimum atomic E-state index is -1.15. The number of piperidine rings is 1. The van der Waals surface area contributed by atoms with Crippen LogP contribution in [-0.2, 0) is 11.2 Å². The molecular weight excluding hydrogens is 329 g/mol. The third-order valence-corrected chi connectivity index (χ3v) is 4.61. The van der Waals surface area contributed by atoms with Crippen molar-refractivity contribution in [1.82, 2.24) is 15.2 Å². The van der Waals surface area contributed by atoms with Gasteiger partial charge in [0.1, 0.15) is 6.10 Å². The van der Waals surface area contributed by atoms with Crippen molar-refractivity contribution in [1.29, 1.82) is 0 Å². The average molecular weight is 355 g/mol. The Bertz CT molecular complexity index is 557. The van der Waals surface area contributed by atoms with E-state index in [2.05, 4.69) is 10.3 Å². The summed E-state index contributed by atoms with van der Waals surface area (Å²) in [5.74, 6) is -0.720.